The first-order chi connectivity index (χ1) is 8.77. The van der Waals surface area contributed by atoms with Crippen LogP contribution in [0, 0.1) is 0 Å². The van der Waals surface area contributed by atoms with Crippen LogP contribution in [0.1, 0.15) is 26.6 Å². The van der Waals surface area contributed by atoms with E-state index in [9.17, 15) is 13.6 Å². The first-order valence-corrected chi connectivity index (χ1v) is 5.86. The Bertz CT molecular complexity index is 614. The Morgan fingerprint density at radius 2 is 2.05 bits per heavy atom. The van der Waals surface area contributed by atoms with Crippen molar-refractivity contribution in [1.82, 2.24) is 9.97 Å². The van der Waals surface area contributed by atoms with E-state index in [1.165, 1.54) is 0 Å². The van der Waals surface area contributed by atoms with Gasteiger partial charge in [-0.05, 0) is 18.2 Å². The maximum atomic E-state index is 12.2. The Balaban J connectivity index is 2.33. The summed E-state index contributed by atoms with van der Waals surface area (Å²) in [6, 6.07) is 4.83. The number of carbonyl (C=O) groups excluding carboxylic acids is 1. The number of imidazole rings is 1. The van der Waals surface area contributed by atoms with Gasteiger partial charge in [0.2, 0.25) is 0 Å². The summed E-state index contributed by atoms with van der Waals surface area (Å²) >= 11 is 0. The molecule has 0 saturated carbocycles. The van der Waals surface area contributed by atoms with Crippen molar-refractivity contribution in [3.8, 4) is 0 Å². The van der Waals surface area contributed by atoms with E-state index < -0.39 is 12.3 Å². The monoisotopic (exact) mass is 267 g/mol. The average Bonchev–Trinajstić information content (AvgIpc) is 2.71. The van der Waals surface area contributed by atoms with Crippen molar-refractivity contribution in [2.75, 3.05) is 5.32 Å². The van der Waals surface area contributed by atoms with E-state index in [0.717, 1.165) is 11.3 Å². The quantitative estimate of drug-likeness (QED) is 0.878. The third-order valence-corrected chi connectivity index (χ3v) is 2.66. The maximum Gasteiger partial charge on any atom is 0.315 e. The van der Waals surface area contributed by atoms with E-state index in [1.54, 1.807) is 18.2 Å². The fraction of sp³-hybridized carbons (Fsp3) is 0.385. The lowest BCUT2D eigenvalue weighted by Crippen LogP contribution is -2.19. The number of hydrogen-bond acceptors (Lipinski definition) is 2. The number of hydrogen-bond donors (Lipinski definition) is 2. The first-order valence-electron chi connectivity index (χ1n) is 5.86. The summed E-state index contributed by atoms with van der Waals surface area (Å²) in [6.45, 7) is 6.05. The zero-order valence-corrected chi connectivity index (χ0v) is 10.9. The van der Waals surface area contributed by atoms with Gasteiger partial charge in [-0.25, -0.2) is 4.98 Å². The third kappa shape index (κ3) is 2.89. The molecule has 0 spiro atoms. The number of aromatic amines is 1. The van der Waals surface area contributed by atoms with Crippen molar-refractivity contribution >= 4 is 22.6 Å². The molecule has 1 amide bonds. The molecule has 1 aromatic heterocycles. The number of nitrogens with one attached hydrogen (secondary N) is 2. The number of halogens is 2. The van der Waals surface area contributed by atoms with Gasteiger partial charge in [0, 0.05) is 11.1 Å². The zero-order valence-electron chi connectivity index (χ0n) is 10.9. The lowest BCUT2D eigenvalue weighted by molar-refractivity contribution is -0.126. The lowest BCUT2D eigenvalue weighted by Gasteiger charge is -2.13. The number of H-pyrrole nitrogens is 1. The molecular weight excluding hydrogens is 252 g/mol. The number of aromatic nitrogens is 2. The van der Waals surface area contributed by atoms with Gasteiger partial charge in [0.1, 0.15) is 5.82 Å². The van der Waals surface area contributed by atoms with Crippen LogP contribution in [0.15, 0.2) is 18.2 Å². The second-order valence-corrected chi connectivity index (χ2v) is 5.36. The Hall–Kier alpha value is -1.98. The van der Waals surface area contributed by atoms with Gasteiger partial charge >= 0.3 is 6.43 Å². The Morgan fingerprint density at radius 1 is 1.37 bits per heavy atom. The first kappa shape index (κ1) is 13.5. The number of nitrogens with zero attached hydrogens (tertiary/aromatic N) is 1. The SMILES string of the molecule is CC(C)(C)c1nc2ccc(NC(=O)C(F)F)cc2[nH]1. The predicted octanol–water partition coefficient (Wildman–Crippen LogP) is 3.06. The highest BCUT2D eigenvalue weighted by molar-refractivity contribution is 5.94. The molecule has 4 nitrogen and oxygen atoms in total. The fourth-order valence-corrected chi connectivity index (χ4v) is 1.64. The summed E-state index contributed by atoms with van der Waals surface area (Å²) in [5, 5.41) is 2.14. The highest BCUT2D eigenvalue weighted by atomic mass is 19.3. The molecule has 19 heavy (non-hydrogen) atoms. The van der Waals surface area contributed by atoms with Crippen LogP contribution in [0.3, 0.4) is 0 Å². The molecule has 0 unspecified atom stereocenters. The summed E-state index contributed by atoms with van der Waals surface area (Å²) in [7, 11) is 0. The molecule has 0 aliphatic carbocycles. The van der Waals surface area contributed by atoms with E-state index in [2.05, 4.69) is 15.3 Å². The molecule has 2 aromatic rings. The Labute approximate surface area is 109 Å². The fourth-order valence-electron chi connectivity index (χ4n) is 1.64. The number of rotatable bonds is 2. The van der Waals surface area contributed by atoms with Crippen molar-refractivity contribution in [3.05, 3.63) is 24.0 Å². The molecule has 0 bridgehead atoms. The van der Waals surface area contributed by atoms with Crippen LogP contribution in [-0.2, 0) is 10.2 Å². The van der Waals surface area contributed by atoms with E-state index in [4.69, 9.17) is 0 Å². The number of carbonyl (C=O) groups is 1. The highest BCUT2D eigenvalue weighted by Gasteiger charge is 2.19. The van der Waals surface area contributed by atoms with E-state index in [0.29, 0.717) is 11.2 Å². The van der Waals surface area contributed by atoms with E-state index >= 15 is 0 Å². The molecular formula is C13H15F2N3O. The minimum atomic E-state index is -3.03. The normalized spacial score (nSPS) is 12.1. The molecule has 2 N–H and O–H groups in total. The second-order valence-electron chi connectivity index (χ2n) is 5.36. The maximum absolute atomic E-state index is 12.2. The van der Waals surface area contributed by atoms with Gasteiger partial charge in [-0.15, -0.1) is 0 Å². The van der Waals surface area contributed by atoms with Gasteiger partial charge in [0.05, 0.1) is 11.0 Å². The molecule has 0 aliphatic heterocycles. The van der Waals surface area contributed by atoms with Crippen LogP contribution >= 0.6 is 0 Å². The van der Waals surface area contributed by atoms with E-state index in [-0.39, 0.29) is 5.41 Å². The molecule has 0 aliphatic rings. The average molecular weight is 267 g/mol. The zero-order chi connectivity index (χ0) is 14.2. The summed E-state index contributed by atoms with van der Waals surface area (Å²) < 4.78 is 24.3. The van der Waals surface area contributed by atoms with Crippen molar-refractivity contribution < 1.29 is 13.6 Å². The highest BCUT2D eigenvalue weighted by Crippen LogP contribution is 2.24. The summed E-state index contributed by atoms with van der Waals surface area (Å²) in [5.74, 6) is -0.505. The van der Waals surface area contributed by atoms with Crippen molar-refractivity contribution in [2.24, 2.45) is 0 Å². The minimum absolute atomic E-state index is 0.134. The standard InChI is InChI=1S/C13H15F2N3O/c1-13(2,3)12-17-8-5-4-7(6-9(8)18-12)16-11(19)10(14)15/h4-6,10H,1-3H3,(H,16,19)(H,17,18). The Morgan fingerprint density at radius 3 is 2.63 bits per heavy atom. The van der Waals surface area contributed by atoms with Gasteiger partial charge < -0.3 is 10.3 Å². The van der Waals surface area contributed by atoms with Gasteiger partial charge in [-0.3, -0.25) is 4.79 Å². The molecule has 102 valence electrons. The predicted molar refractivity (Wildman–Crippen MR) is 69.4 cm³/mol. The van der Waals surface area contributed by atoms with Crippen LogP contribution < -0.4 is 5.32 Å². The molecule has 0 atom stereocenters. The number of amides is 1. The largest absolute Gasteiger partial charge is 0.341 e. The van der Waals surface area contributed by atoms with Gasteiger partial charge in [-0.1, -0.05) is 20.8 Å². The molecule has 0 radical (unpaired) electrons. The number of benzene rings is 1. The van der Waals surface area contributed by atoms with Gasteiger partial charge in [0.25, 0.3) is 5.91 Å². The summed E-state index contributed by atoms with van der Waals surface area (Å²) in [6.07, 6.45) is -3.03. The van der Waals surface area contributed by atoms with Crippen molar-refractivity contribution in [2.45, 2.75) is 32.6 Å². The number of anilines is 1. The van der Waals surface area contributed by atoms with Crippen LogP contribution in [0.4, 0.5) is 14.5 Å². The van der Waals surface area contributed by atoms with Crippen LogP contribution in [0.25, 0.3) is 11.0 Å². The summed E-state index contributed by atoms with van der Waals surface area (Å²) in [5.41, 5.74) is 1.63. The second kappa shape index (κ2) is 4.60. The lowest BCUT2D eigenvalue weighted by atomic mass is 9.96. The molecule has 2 rings (SSSR count). The smallest absolute Gasteiger partial charge is 0.315 e. The van der Waals surface area contributed by atoms with Crippen LogP contribution in [0.5, 0.6) is 0 Å². The van der Waals surface area contributed by atoms with Gasteiger partial charge in [0.15, 0.2) is 0 Å². The van der Waals surface area contributed by atoms with Gasteiger partial charge in [-0.2, -0.15) is 8.78 Å². The summed E-state index contributed by atoms with van der Waals surface area (Å²) in [4.78, 5) is 18.5. The molecule has 0 saturated heterocycles. The third-order valence-electron chi connectivity index (χ3n) is 2.66. The minimum Gasteiger partial charge on any atom is -0.341 e. The molecule has 0 fully saturated rings. The number of alkyl halides is 2. The Kier molecular flexibility index (Phi) is 3.26. The number of fused-ring (bicyclic) bond motifs is 1. The van der Waals surface area contributed by atoms with Crippen molar-refractivity contribution in [3.63, 3.8) is 0 Å². The van der Waals surface area contributed by atoms with Crippen LogP contribution in [-0.4, -0.2) is 22.3 Å². The van der Waals surface area contributed by atoms with Crippen LogP contribution in [0.2, 0.25) is 0 Å². The topological polar surface area (TPSA) is 57.8 Å². The molecule has 1 aromatic carbocycles. The molecule has 1 heterocycles. The molecule has 6 heteroatoms. The van der Waals surface area contributed by atoms with E-state index in [1.807, 2.05) is 20.8 Å². The van der Waals surface area contributed by atoms with Crippen molar-refractivity contribution in [1.29, 1.82) is 0 Å².